The Balaban J connectivity index is 2.19. The third-order valence-corrected chi connectivity index (χ3v) is 2.17. The summed E-state index contributed by atoms with van der Waals surface area (Å²) in [6, 6.07) is 10.0. The van der Waals surface area contributed by atoms with Crippen molar-refractivity contribution < 1.29 is 4.84 Å². The first-order valence-corrected chi connectivity index (χ1v) is 4.73. The Hall–Kier alpha value is -1.35. The maximum absolute atomic E-state index is 5.31. The molecule has 1 aliphatic heterocycles. The van der Waals surface area contributed by atoms with E-state index in [4.69, 9.17) is 4.84 Å². The van der Waals surface area contributed by atoms with E-state index in [0.717, 1.165) is 17.8 Å². The topological polar surface area (TPSA) is 33.6 Å². The van der Waals surface area contributed by atoms with Crippen LogP contribution in [0.5, 0.6) is 0 Å². The van der Waals surface area contributed by atoms with Gasteiger partial charge < -0.3 is 4.84 Å². The van der Waals surface area contributed by atoms with Gasteiger partial charge in [0.25, 0.3) is 0 Å². The lowest BCUT2D eigenvalue weighted by Gasteiger charge is -2.28. The zero-order valence-corrected chi connectivity index (χ0v) is 8.45. The highest BCUT2D eigenvalue weighted by Gasteiger charge is 2.24. The molecule has 1 aliphatic rings. The van der Waals surface area contributed by atoms with Crippen LogP contribution in [0, 0.1) is 0 Å². The molecular formula is C11H14N2O. The molecule has 3 heteroatoms. The van der Waals surface area contributed by atoms with Crippen molar-refractivity contribution in [1.82, 2.24) is 5.32 Å². The zero-order chi connectivity index (χ0) is 10.0. The third kappa shape index (κ3) is 1.93. The summed E-state index contributed by atoms with van der Waals surface area (Å²) in [6.45, 7) is 4.66. The molecule has 3 nitrogen and oxygen atoms in total. The van der Waals surface area contributed by atoms with Crippen LogP contribution in [-0.4, -0.2) is 18.0 Å². The Morgan fingerprint density at radius 3 is 2.57 bits per heavy atom. The Morgan fingerprint density at radius 2 is 2.00 bits per heavy atom. The van der Waals surface area contributed by atoms with Crippen LogP contribution in [0.2, 0.25) is 0 Å². The average molecular weight is 190 g/mol. The van der Waals surface area contributed by atoms with Gasteiger partial charge in [0.1, 0.15) is 5.71 Å². The molecule has 0 saturated carbocycles. The van der Waals surface area contributed by atoms with Crippen LogP contribution in [0.15, 0.2) is 35.5 Å². The molecule has 0 bridgehead atoms. The molecular weight excluding hydrogens is 176 g/mol. The standard InChI is InChI=1S/C11H14N2O/c1-11(2)12-8-10(13-14-11)9-6-4-3-5-7-9/h3-7,12H,8H2,1-2H3. The number of nitrogens with zero attached hydrogens (tertiary/aromatic N) is 1. The fraction of sp³-hybridized carbons (Fsp3) is 0.364. The SMILES string of the molecule is CC1(C)NCC(c2ccccc2)=NO1. The van der Waals surface area contributed by atoms with Crippen molar-refractivity contribution in [3.05, 3.63) is 35.9 Å². The molecule has 1 aromatic carbocycles. The quantitative estimate of drug-likeness (QED) is 0.732. The first-order chi connectivity index (χ1) is 6.67. The Labute approximate surface area is 83.8 Å². The first kappa shape index (κ1) is 9.21. The second-order valence-electron chi connectivity index (χ2n) is 3.86. The van der Waals surface area contributed by atoms with Crippen LogP contribution >= 0.6 is 0 Å². The molecule has 0 spiro atoms. The van der Waals surface area contributed by atoms with E-state index < -0.39 is 0 Å². The molecule has 1 aromatic rings. The largest absolute Gasteiger partial charge is 0.374 e. The fourth-order valence-electron chi connectivity index (χ4n) is 1.32. The summed E-state index contributed by atoms with van der Waals surface area (Å²) in [5.41, 5.74) is 1.71. The summed E-state index contributed by atoms with van der Waals surface area (Å²) in [5, 5.41) is 7.36. The molecule has 1 N–H and O–H groups in total. The molecule has 0 fully saturated rings. The maximum atomic E-state index is 5.31. The molecule has 0 unspecified atom stereocenters. The van der Waals surface area contributed by atoms with Gasteiger partial charge in [-0.3, -0.25) is 5.32 Å². The lowest BCUT2D eigenvalue weighted by Crippen LogP contribution is -2.47. The van der Waals surface area contributed by atoms with Crippen LogP contribution in [-0.2, 0) is 4.84 Å². The summed E-state index contributed by atoms with van der Waals surface area (Å²) in [4.78, 5) is 5.31. The number of oxime groups is 1. The van der Waals surface area contributed by atoms with Crippen molar-refractivity contribution in [2.75, 3.05) is 6.54 Å². The smallest absolute Gasteiger partial charge is 0.183 e. The van der Waals surface area contributed by atoms with Gasteiger partial charge in [0, 0.05) is 12.1 Å². The number of hydrogen-bond donors (Lipinski definition) is 1. The monoisotopic (exact) mass is 190 g/mol. The minimum Gasteiger partial charge on any atom is -0.374 e. The fourth-order valence-corrected chi connectivity index (χ4v) is 1.32. The van der Waals surface area contributed by atoms with Gasteiger partial charge in [-0.15, -0.1) is 0 Å². The van der Waals surface area contributed by atoms with Gasteiger partial charge in [-0.1, -0.05) is 35.5 Å². The highest BCUT2D eigenvalue weighted by Crippen LogP contribution is 2.12. The number of nitrogens with one attached hydrogen (secondary N) is 1. The van der Waals surface area contributed by atoms with Gasteiger partial charge in [-0.05, 0) is 13.8 Å². The predicted octanol–water partition coefficient (Wildman–Crippen LogP) is 1.75. The molecule has 0 aromatic heterocycles. The minimum absolute atomic E-state index is 0.349. The minimum atomic E-state index is -0.349. The molecule has 1 heterocycles. The van der Waals surface area contributed by atoms with E-state index >= 15 is 0 Å². The van der Waals surface area contributed by atoms with Gasteiger partial charge in [0.05, 0.1) is 0 Å². The summed E-state index contributed by atoms with van der Waals surface area (Å²) in [7, 11) is 0. The summed E-state index contributed by atoms with van der Waals surface area (Å²) < 4.78 is 0. The van der Waals surface area contributed by atoms with E-state index in [1.807, 2.05) is 44.2 Å². The lowest BCUT2D eigenvalue weighted by molar-refractivity contribution is -0.0464. The molecule has 0 saturated heterocycles. The van der Waals surface area contributed by atoms with E-state index in [-0.39, 0.29) is 5.72 Å². The number of benzene rings is 1. The van der Waals surface area contributed by atoms with Crippen molar-refractivity contribution in [3.63, 3.8) is 0 Å². The molecule has 74 valence electrons. The van der Waals surface area contributed by atoms with Gasteiger partial charge in [0.2, 0.25) is 0 Å². The second-order valence-corrected chi connectivity index (χ2v) is 3.86. The molecule has 0 amide bonds. The van der Waals surface area contributed by atoms with Crippen LogP contribution in [0.4, 0.5) is 0 Å². The van der Waals surface area contributed by atoms with Crippen molar-refractivity contribution in [2.45, 2.75) is 19.6 Å². The molecule has 0 atom stereocenters. The third-order valence-electron chi connectivity index (χ3n) is 2.17. The Morgan fingerprint density at radius 1 is 1.29 bits per heavy atom. The van der Waals surface area contributed by atoms with Crippen molar-refractivity contribution >= 4 is 5.71 Å². The second kappa shape index (κ2) is 3.42. The average Bonchev–Trinajstić information content (AvgIpc) is 2.19. The van der Waals surface area contributed by atoms with Gasteiger partial charge >= 0.3 is 0 Å². The molecule has 14 heavy (non-hydrogen) atoms. The van der Waals surface area contributed by atoms with Crippen molar-refractivity contribution in [3.8, 4) is 0 Å². The predicted molar refractivity (Wildman–Crippen MR) is 56.1 cm³/mol. The van der Waals surface area contributed by atoms with Gasteiger partial charge in [-0.2, -0.15) is 0 Å². The van der Waals surface area contributed by atoms with E-state index in [1.54, 1.807) is 0 Å². The van der Waals surface area contributed by atoms with Gasteiger partial charge in [-0.25, -0.2) is 0 Å². The van der Waals surface area contributed by atoms with Crippen molar-refractivity contribution in [2.24, 2.45) is 5.16 Å². The van der Waals surface area contributed by atoms with Crippen molar-refractivity contribution in [1.29, 1.82) is 0 Å². The first-order valence-electron chi connectivity index (χ1n) is 4.73. The molecule has 0 aliphatic carbocycles. The maximum Gasteiger partial charge on any atom is 0.183 e. The van der Waals surface area contributed by atoms with Crippen LogP contribution < -0.4 is 5.32 Å². The normalized spacial score (nSPS) is 19.7. The zero-order valence-electron chi connectivity index (χ0n) is 8.45. The number of rotatable bonds is 1. The van der Waals surface area contributed by atoms with E-state index in [2.05, 4.69) is 10.5 Å². The summed E-state index contributed by atoms with van der Waals surface area (Å²) in [5.74, 6) is 0. The highest BCUT2D eigenvalue weighted by molar-refractivity contribution is 6.01. The molecule has 2 rings (SSSR count). The van der Waals surface area contributed by atoms with E-state index in [9.17, 15) is 0 Å². The molecule has 0 radical (unpaired) electrons. The Bertz CT molecular complexity index is 344. The van der Waals surface area contributed by atoms with E-state index in [1.165, 1.54) is 0 Å². The van der Waals surface area contributed by atoms with Crippen LogP contribution in [0.25, 0.3) is 0 Å². The summed E-state index contributed by atoms with van der Waals surface area (Å²) >= 11 is 0. The Kier molecular flexibility index (Phi) is 2.25. The van der Waals surface area contributed by atoms with Gasteiger partial charge in [0.15, 0.2) is 5.72 Å². The van der Waals surface area contributed by atoms with E-state index in [0.29, 0.717) is 0 Å². The highest BCUT2D eigenvalue weighted by atomic mass is 16.7. The summed E-state index contributed by atoms with van der Waals surface area (Å²) in [6.07, 6.45) is 0. The van der Waals surface area contributed by atoms with Crippen LogP contribution in [0.3, 0.4) is 0 Å². The van der Waals surface area contributed by atoms with Crippen LogP contribution in [0.1, 0.15) is 19.4 Å². The number of hydrogen-bond acceptors (Lipinski definition) is 3. The lowest BCUT2D eigenvalue weighted by atomic mass is 10.1.